The molecule has 1 saturated heterocycles. The van der Waals surface area contributed by atoms with Gasteiger partial charge in [-0.05, 0) is 24.1 Å². The highest BCUT2D eigenvalue weighted by Gasteiger charge is 2.33. The van der Waals surface area contributed by atoms with Crippen LogP contribution in [-0.4, -0.2) is 44.6 Å². The van der Waals surface area contributed by atoms with Gasteiger partial charge >= 0.3 is 6.18 Å². The molecule has 0 radical (unpaired) electrons. The van der Waals surface area contributed by atoms with E-state index in [1.165, 1.54) is 23.5 Å². The first kappa shape index (κ1) is 20.4. The van der Waals surface area contributed by atoms with Crippen LogP contribution in [0.15, 0.2) is 35.5 Å². The van der Waals surface area contributed by atoms with Gasteiger partial charge in [0.2, 0.25) is 5.91 Å². The van der Waals surface area contributed by atoms with Crippen molar-refractivity contribution in [1.29, 1.82) is 0 Å². The molecule has 0 spiro atoms. The van der Waals surface area contributed by atoms with Crippen molar-refractivity contribution in [2.24, 2.45) is 0 Å². The van der Waals surface area contributed by atoms with Gasteiger partial charge in [-0.1, -0.05) is 17.7 Å². The van der Waals surface area contributed by atoms with Gasteiger partial charge in [0.05, 0.1) is 22.5 Å². The number of hydrogen-bond donors (Lipinski definition) is 1. The van der Waals surface area contributed by atoms with Gasteiger partial charge in [-0.3, -0.25) is 14.2 Å². The summed E-state index contributed by atoms with van der Waals surface area (Å²) < 4.78 is 54.0. The summed E-state index contributed by atoms with van der Waals surface area (Å²) >= 11 is 5.67. The molecule has 2 aromatic heterocycles. The molecular formula is C19H15ClF4N4O2. The predicted octanol–water partition coefficient (Wildman–Crippen LogP) is 3.63. The summed E-state index contributed by atoms with van der Waals surface area (Å²) in [6, 6.07) is 3.34. The van der Waals surface area contributed by atoms with E-state index in [4.69, 9.17) is 11.6 Å². The smallest absolute Gasteiger partial charge is 0.345 e. The van der Waals surface area contributed by atoms with Crippen molar-refractivity contribution in [2.75, 3.05) is 13.1 Å². The zero-order chi connectivity index (χ0) is 21.6. The lowest BCUT2D eigenvalue weighted by molar-refractivity contribution is -0.137. The Bertz CT molecular complexity index is 1190. The van der Waals surface area contributed by atoms with E-state index in [0.29, 0.717) is 0 Å². The van der Waals surface area contributed by atoms with Crippen LogP contribution >= 0.6 is 11.6 Å². The molecule has 1 aliphatic rings. The van der Waals surface area contributed by atoms with Gasteiger partial charge in [0.15, 0.2) is 0 Å². The molecule has 1 N–H and O–H groups in total. The summed E-state index contributed by atoms with van der Waals surface area (Å²) in [6.07, 6.45) is -2.95. The molecule has 1 atom stereocenters. The quantitative estimate of drug-likeness (QED) is 0.630. The number of nitrogens with zero attached hydrogens (tertiary/aromatic N) is 3. The summed E-state index contributed by atoms with van der Waals surface area (Å²) in [5.74, 6) is -0.429. The molecule has 3 aromatic rings. The highest BCUT2D eigenvalue weighted by atomic mass is 35.5. The van der Waals surface area contributed by atoms with Crippen LogP contribution in [0.4, 0.5) is 17.6 Å². The zero-order valence-electron chi connectivity index (χ0n) is 15.3. The van der Waals surface area contributed by atoms with E-state index in [2.05, 4.69) is 9.97 Å². The molecule has 3 heterocycles. The number of amides is 1. The third-order valence-corrected chi connectivity index (χ3v) is 5.36. The first-order valence-corrected chi connectivity index (χ1v) is 9.38. The number of carbonyl (C=O) groups excluding carboxylic acids is 1. The van der Waals surface area contributed by atoms with E-state index in [1.54, 1.807) is 0 Å². The second-order valence-corrected chi connectivity index (χ2v) is 7.43. The number of carbonyl (C=O) groups is 1. The second-order valence-electron chi connectivity index (χ2n) is 7.02. The van der Waals surface area contributed by atoms with Crippen molar-refractivity contribution in [3.05, 3.63) is 51.7 Å². The lowest BCUT2D eigenvalue weighted by Gasteiger charge is -2.15. The minimum Gasteiger partial charge on any atom is -0.345 e. The first-order valence-electron chi connectivity index (χ1n) is 9.00. The Balaban J connectivity index is 1.74. The Morgan fingerprint density at radius 2 is 2.10 bits per heavy atom. The Labute approximate surface area is 172 Å². The van der Waals surface area contributed by atoms with Crippen molar-refractivity contribution >= 4 is 28.5 Å². The number of alkyl halides is 4. The largest absolute Gasteiger partial charge is 0.417 e. The molecule has 6 nitrogen and oxygen atoms in total. The predicted molar refractivity (Wildman–Crippen MR) is 102 cm³/mol. The molecule has 1 amide bonds. The Kier molecular flexibility index (Phi) is 5.05. The monoisotopic (exact) mass is 442 g/mol. The number of nitrogens with one attached hydrogen (secondary N) is 1. The maximum atomic E-state index is 13.3. The first-order chi connectivity index (χ1) is 14.1. The fourth-order valence-corrected chi connectivity index (χ4v) is 3.72. The normalized spacial score (nSPS) is 17.1. The second kappa shape index (κ2) is 7.42. The molecule has 1 aromatic carbocycles. The van der Waals surface area contributed by atoms with Crippen LogP contribution in [0.1, 0.15) is 12.0 Å². The molecular weight excluding hydrogens is 428 g/mol. The average Bonchev–Trinajstić information content (AvgIpc) is 3.30. The van der Waals surface area contributed by atoms with E-state index >= 15 is 0 Å². The molecule has 1 unspecified atom stereocenters. The van der Waals surface area contributed by atoms with E-state index in [9.17, 15) is 27.2 Å². The van der Waals surface area contributed by atoms with Gasteiger partial charge < -0.3 is 9.88 Å². The summed E-state index contributed by atoms with van der Waals surface area (Å²) in [6.45, 7) is -0.0952. The molecule has 1 aliphatic heterocycles. The van der Waals surface area contributed by atoms with Gasteiger partial charge in [0.1, 0.15) is 24.7 Å². The molecule has 0 saturated carbocycles. The third-order valence-electron chi connectivity index (χ3n) is 5.03. The SMILES string of the molecule is O=C(Cn1cnc2[nH]cc(-c3ccc(Cl)c(C(F)(F)F)c3)c2c1=O)N1CCC(F)C1. The molecule has 158 valence electrons. The van der Waals surface area contributed by atoms with Crippen LogP contribution in [0.2, 0.25) is 5.02 Å². The van der Waals surface area contributed by atoms with Gasteiger partial charge in [-0.25, -0.2) is 9.37 Å². The standard InChI is InChI=1S/C19H15ClF4N4O2/c20-14-2-1-10(5-13(14)19(22,23)24)12-6-25-17-16(12)18(30)28(9-26-17)8-15(29)27-4-3-11(21)7-27/h1-2,5-6,9,11,25H,3-4,7-8H2. The highest BCUT2D eigenvalue weighted by Crippen LogP contribution is 2.38. The Morgan fingerprint density at radius 3 is 2.77 bits per heavy atom. The summed E-state index contributed by atoms with van der Waals surface area (Å²) in [5.41, 5.74) is -1.11. The number of hydrogen-bond acceptors (Lipinski definition) is 3. The lowest BCUT2D eigenvalue weighted by Crippen LogP contribution is -2.35. The molecule has 4 rings (SSSR count). The summed E-state index contributed by atoms with van der Waals surface area (Å²) in [4.78, 5) is 33.5. The minimum atomic E-state index is -4.66. The zero-order valence-corrected chi connectivity index (χ0v) is 16.1. The van der Waals surface area contributed by atoms with Crippen molar-refractivity contribution in [1.82, 2.24) is 19.4 Å². The van der Waals surface area contributed by atoms with Crippen LogP contribution < -0.4 is 5.56 Å². The lowest BCUT2D eigenvalue weighted by atomic mass is 10.0. The van der Waals surface area contributed by atoms with Crippen molar-refractivity contribution < 1.29 is 22.4 Å². The summed E-state index contributed by atoms with van der Waals surface area (Å²) in [5, 5.41) is -0.408. The van der Waals surface area contributed by atoms with Crippen molar-refractivity contribution in [2.45, 2.75) is 25.3 Å². The molecule has 1 fully saturated rings. The minimum absolute atomic E-state index is 0.0242. The number of halogens is 5. The van der Waals surface area contributed by atoms with Crippen molar-refractivity contribution in [3.8, 4) is 11.1 Å². The van der Waals surface area contributed by atoms with Crippen LogP contribution in [0.25, 0.3) is 22.2 Å². The summed E-state index contributed by atoms with van der Waals surface area (Å²) in [7, 11) is 0. The number of aromatic amines is 1. The van der Waals surface area contributed by atoms with Crippen molar-refractivity contribution in [3.63, 3.8) is 0 Å². The number of H-pyrrole nitrogens is 1. The number of likely N-dealkylation sites (tertiary alicyclic amines) is 1. The third kappa shape index (κ3) is 3.67. The maximum absolute atomic E-state index is 13.3. The Morgan fingerprint density at radius 1 is 1.33 bits per heavy atom. The fourth-order valence-electron chi connectivity index (χ4n) is 3.49. The molecule has 0 aliphatic carbocycles. The average molecular weight is 443 g/mol. The number of rotatable bonds is 3. The Hall–Kier alpha value is -2.88. The van der Waals surface area contributed by atoms with Gasteiger partial charge in [0, 0.05) is 18.3 Å². The van der Waals surface area contributed by atoms with Crippen LogP contribution in [-0.2, 0) is 17.5 Å². The van der Waals surface area contributed by atoms with E-state index in [-0.39, 0.29) is 48.2 Å². The van der Waals surface area contributed by atoms with E-state index in [1.807, 2.05) is 0 Å². The number of aromatic nitrogens is 3. The van der Waals surface area contributed by atoms with Gasteiger partial charge in [0.25, 0.3) is 5.56 Å². The maximum Gasteiger partial charge on any atom is 0.417 e. The van der Waals surface area contributed by atoms with E-state index < -0.39 is 34.4 Å². The number of benzene rings is 1. The van der Waals surface area contributed by atoms with E-state index in [0.717, 1.165) is 16.7 Å². The van der Waals surface area contributed by atoms with Gasteiger partial charge in [-0.15, -0.1) is 0 Å². The highest BCUT2D eigenvalue weighted by molar-refractivity contribution is 6.31. The number of fused-ring (bicyclic) bond motifs is 1. The van der Waals surface area contributed by atoms with Crippen LogP contribution in [0.5, 0.6) is 0 Å². The fraction of sp³-hybridized carbons (Fsp3) is 0.316. The molecule has 0 bridgehead atoms. The molecule has 30 heavy (non-hydrogen) atoms. The van der Waals surface area contributed by atoms with Crippen LogP contribution in [0.3, 0.4) is 0 Å². The topological polar surface area (TPSA) is 71.0 Å². The van der Waals surface area contributed by atoms with Crippen LogP contribution in [0, 0.1) is 0 Å². The molecule has 11 heteroatoms. The van der Waals surface area contributed by atoms with Gasteiger partial charge in [-0.2, -0.15) is 13.2 Å².